The number of aromatic nitrogens is 2. The molecule has 3 N–H and O–H groups in total. The van der Waals surface area contributed by atoms with Crippen LogP contribution in [0.4, 0.5) is 17.6 Å². The van der Waals surface area contributed by atoms with Crippen molar-refractivity contribution >= 4 is 15.7 Å². The predicted octanol–water partition coefficient (Wildman–Crippen LogP) is 0.938. The van der Waals surface area contributed by atoms with Crippen LogP contribution in [0.25, 0.3) is 0 Å². The number of nitrogens with two attached hydrogens (primary N) is 1. The Morgan fingerprint density at radius 3 is 2.42 bits per heavy atom. The summed E-state index contributed by atoms with van der Waals surface area (Å²) < 4.78 is 80.1. The molecule has 0 saturated heterocycles. The van der Waals surface area contributed by atoms with Crippen molar-refractivity contribution in [2.24, 2.45) is 0 Å². The van der Waals surface area contributed by atoms with E-state index in [0.717, 1.165) is 29.6 Å². The van der Waals surface area contributed by atoms with Gasteiger partial charge in [-0.25, -0.2) is 17.6 Å². The molecule has 1 fully saturated rings. The molecule has 2 aromatic rings. The SMILES string of the molecule is N#CC1([NH2+]C(=O)[C@H](CS(=O)(=O)Cc2cnccn2)N[C@@H](c2ccc(F)cc2)C(F)(F)F)CC1. The Kier molecular flexibility index (Phi) is 7.11. The first-order chi connectivity index (χ1) is 15.4. The van der Waals surface area contributed by atoms with Crippen LogP contribution in [-0.2, 0) is 20.4 Å². The molecule has 0 radical (unpaired) electrons. The molecule has 1 aromatic heterocycles. The number of nitrogens with zero attached hydrogens (tertiary/aromatic N) is 3. The molecule has 1 aromatic carbocycles. The van der Waals surface area contributed by atoms with Crippen molar-refractivity contribution in [3.8, 4) is 6.07 Å². The van der Waals surface area contributed by atoms with E-state index in [2.05, 4.69) is 15.3 Å². The highest BCUT2D eigenvalue weighted by Gasteiger charge is 2.52. The summed E-state index contributed by atoms with van der Waals surface area (Å²) in [6, 6.07) is 1.15. The van der Waals surface area contributed by atoms with Crippen LogP contribution in [-0.4, -0.2) is 47.8 Å². The minimum atomic E-state index is -4.92. The first-order valence-electron chi connectivity index (χ1n) is 9.78. The van der Waals surface area contributed by atoms with Gasteiger partial charge in [0, 0.05) is 31.4 Å². The molecule has 1 amide bonds. The van der Waals surface area contributed by atoms with Crippen molar-refractivity contribution in [1.29, 1.82) is 5.26 Å². The van der Waals surface area contributed by atoms with Crippen LogP contribution in [0.5, 0.6) is 0 Å². The number of sulfone groups is 1. The van der Waals surface area contributed by atoms with Gasteiger partial charge in [0.1, 0.15) is 24.0 Å². The van der Waals surface area contributed by atoms with Crippen molar-refractivity contribution < 1.29 is 36.1 Å². The van der Waals surface area contributed by atoms with Gasteiger partial charge >= 0.3 is 12.1 Å². The number of nitrogens with one attached hydrogen (secondary N) is 1. The molecule has 0 spiro atoms. The largest absolute Gasteiger partial charge is 0.407 e. The third kappa shape index (κ3) is 6.77. The van der Waals surface area contributed by atoms with Crippen molar-refractivity contribution in [2.75, 3.05) is 5.75 Å². The molecule has 3 rings (SSSR count). The van der Waals surface area contributed by atoms with Crippen LogP contribution in [0.15, 0.2) is 42.9 Å². The number of hydrogen-bond acceptors (Lipinski definition) is 7. The van der Waals surface area contributed by atoms with Gasteiger partial charge in [0.25, 0.3) is 0 Å². The maximum Gasteiger partial charge on any atom is 0.407 e. The lowest BCUT2D eigenvalue weighted by Crippen LogP contribution is -2.98. The predicted molar refractivity (Wildman–Crippen MR) is 106 cm³/mol. The van der Waals surface area contributed by atoms with Gasteiger partial charge in [-0.2, -0.15) is 18.4 Å². The lowest BCUT2D eigenvalue weighted by atomic mass is 10.0. The molecule has 1 aliphatic carbocycles. The van der Waals surface area contributed by atoms with E-state index in [1.807, 2.05) is 6.07 Å². The fourth-order valence-electron chi connectivity index (χ4n) is 3.19. The number of primary amides is 1. The number of amides is 1. The molecule has 0 unspecified atom stereocenters. The standard InChI is InChI=1S/C20H19F4N5O3S/c21-14-3-1-13(2-4-14)17(20(22,23)24)28-16(18(30)29-19(12-25)5-6-19)11-33(31,32)10-15-9-26-7-8-27-15/h1-4,7-9,16-17,28H,5-6,10-11H2,(H,29,30)/p+1/t16-,17-/m0/s1. The molecule has 13 heteroatoms. The monoisotopic (exact) mass is 486 g/mol. The summed E-state index contributed by atoms with van der Waals surface area (Å²) in [7, 11) is -4.12. The number of nitriles is 1. The summed E-state index contributed by atoms with van der Waals surface area (Å²) in [6.45, 7) is 0. The van der Waals surface area contributed by atoms with Gasteiger partial charge in [0.05, 0.1) is 17.2 Å². The van der Waals surface area contributed by atoms with Crippen molar-refractivity contribution in [3.63, 3.8) is 0 Å². The summed E-state index contributed by atoms with van der Waals surface area (Å²) in [4.78, 5) is 20.4. The summed E-state index contributed by atoms with van der Waals surface area (Å²) >= 11 is 0. The van der Waals surface area contributed by atoms with Crippen molar-refractivity contribution in [3.05, 3.63) is 59.9 Å². The van der Waals surface area contributed by atoms with Gasteiger partial charge in [-0.1, -0.05) is 12.1 Å². The molecule has 176 valence electrons. The highest BCUT2D eigenvalue weighted by molar-refractivity contribution is 7.90. The Morgan fingerprint density at radius 1 is 1.24 bits per heavy atom. The van der Waals surface area contributed by atoms with Crippen LogP contribution in [0.2, 0.25) is 0 Å². The molecule has 1 aliphatic rings. The first kappa shape index (κ1) is 24.7. The fraction of sp³-hybridized carbons (Fsp3) is 0.400. The van der Waals surface area contributed by atoms with Crippen LogP contribution in [0.3, 0.4) is 0 Å². The normalized spacial score (nSPS) is 17.1. The highest BCUT2D eigenvalue weighted by atomic mass is 32.2. The van der Waals surface area contributed by atoms with E-state index in [4.69, 9.17) is 0 Å². The Bertz CT molecular complexity index is 1130. The lowest BCUT2D eigenvalue weighted by Gasteiger charge is -2.26. The smallest absolute Gasteiger partial charge is 0.287 e. The maximum atomic E-state index is 13.8. The average molecular weight is 486 g/mol. The topological polar surface area (TPSA) is 129 Å². The zero-order valence-electron chi connectivity index (χ0n) is 17.1. The van der Waals surface area contributed by atoms with Crippen molar-refractivity contribution in [1.82, 2.24) is 15.3 Å². The summed E-state index contributed by atoms with van der Waals surface area (Å²) in [6.07, 6.45) is -0.425. The Hall–Kier alpha value is -2.95. The fourth-order valence-corrected chi connectivity index (χ4v) is 4.67. The van der Waals surface area contributed by atoms with Gasteiger partial charge in [0.2, 0.25) is 0 Å². The number of alkyl halides is 3. The minimum Gasteiger partial charge on any atom is -0.287 e. The summed E-state index contributed by atoms with van der Waals surface area (Å²) in [5.74, 6) is -3.29. The summed E-state index contributed by atoms with van der Waals surface area (Å²) in [5, 5.41) is 12.3. The number of carbonyl (C=O) groups is 1. The third-order valence-electron chi connectivity index (χ3n) is 5.08. The Balaban J connectivity index is 1.89. The van der Waals surface area contributed by atoms with E-state index in [1.165, 1.54) is 18.6 Å². The second-order valence-electron chi connectivity index (χ2n) is 7.81. The number of quaternary nitrogens is 1. The van der Waals surface area contributed by atoms with Gasteiger partial charge in [0.15, 0.2) is 15.4 Å². The highest BCUT2D eigenvalue weighted by Crippen LogP contribution is 2.33. The van der Waals surface area contributed by atoms with Crippen LogP contribution in [0.1, 0.15) is 30.1 Å². The van der Waals surface area contributed by atoms with E-state index in [-0.39, 0.29) is 5.69 Å². The van der Waals surface area contributed by atoms with E-state index in [0.29, 0.717) is 12.8 Å². The molecule has 1 saturated carbocycles. The zero-order valence-corrected chi connectivity index (χ0v) is 17.9. The molecule has 8 nitrogen and oxygen atoms in total. The number of benzene rings is 1. The van der Waals surface area contributed by atoms with E-state index < -0.39 is 62.4 Å². The molecule has 33 heavy (non-hydrogen) atoms. The molecular weight excluding hydrogens is 466 g/mol. The van der Waals surface area contributed by atoms with Crippen LogP contribution < -0.4 is 10.6 Å². The molecule has 0 bridgehead atoms. The number of halogens is 4. The molecular formula is C20H20F4N5O3S+. The van der Waals surface area contributed by atoms with E-state index in [9.17, 15) is 36.0 Å². The zero-order chi connectivity index (χ0) is 24.3. The molecule has 1 heterocycles. The van der Waals surface area contributed by atoms with E-state index in [1.54, 1.807) is 0 Å². The van der Waals surface area contributed by atoms with Crippen LogP contribution in [0, 0.1) is 17.1 Å². The lowest BCUT2D eigenvalue weighted by molar-refractivity contribution is -0.607. The Labute approximate surface area is 187 Å². The number of carbonyl (C=O) groups excluding carboxylic acids is 1. The van der Waals surface area contributed by atoms with E-state index >= 15 is 0 Å². The maximum absolute atomic E-state index is 13.8. The van der Waals surface area contributed by atoms with Crippen molar-refractivity contribution in [2.45, 2.75) is 42.4 Å². The summed E-state index contributed by atoms with van der Waals surface area (Å²) in [5.41, 5.74) is -1.43. The quantitative estimate of drug-likeness (QED) is 0.505. The molecule has 2 atom stereocenters. The first-order valence-corrected chi connectivity index (χ1v) is 11.6. The molecule has 0 aliphatic heterocycles. The van der Waals surface area contributed by atoms with Crippen LogP contribution >= 0.6 is 0 Å². The van der Waals surface area contributed by atoms with Gasteiger partial charge < -0.3 is 0 Å². The second kappa shape index (κ2) is 9.50. The van der Waals surface area contributed by atoms with Gasteiger partial charge in [-0.05, 0) is 17.7 Å². The Morgan fingerprint density at radius 2 is 1.91 bits per heavy atom. The third-order valence-corrected chi connectivity index (χ3v) is 6.65. The minimum absolute atomic E-state index is 0.0641. The van der Waals surface area contributed by atoms with Gasteiger partial charge in [-0.3, -0.25) is 20.6 Å². The average Bonchev–Trinajstić information content (AvgIpc) is 3.51. The second-order valence-corrected chi connectivity index (χ2v) is 9.92. The number of hydrogen-bond donors (Lipinski definition) is 2. The number of rotatable bonds is 9. The van der Waals surface area contributed by atoms with Gasteiger partial charge in [-0.15, -0.1) is 0 Å².